The summed E-state index contributed by atoms with van der Waals surface area (Å²) in [6.45, 7) is 2.26. The fraction of sp³-hybridized carbons (Fsp3) is 0.583. The molecule has 0 aliphatic carbocycles. The largest absolute Gasteiger partial charge is 0.149 e. The van der Waals surface area contributed by atoms with Gasteiger partial charge in [0.25, 0.3) is 0 Å². The van der Waals surface area contributed by atoms with Gasteiger partial charge in [-0.2, -0.15) is 0 Å². The second-order valence-electron chi connectivity index (χ2n) is 3.42. The van der Waals surface area contributed by atoms with E-state index < -0.39 is 0 Å². The highest BCUT2D eigenvalue weighted by Gasteiger charge is 1.94. The molecule has 0 atom stereocenters. The lowest BCUT2D eigenvalue weighted by Crippen LogP contribution is -1.83. The van der Waals surface area contributed by atoms with E-state index in [4.69, 9.17) is 0 Å². The van der Waals surface area contributed by atoms with E-state index in [2.05, 4.69) is 30.9 Å². The van der Waals surface area contributed by atoms with Crippen molar-refractivity contribution in [2.45, 2.75) is 45.4 Å². The quantitative estimate of drug-likeness (QED) is 0.563. The Morgan fingerprint density at radius 1 is 1.31 bits per heavy atom. The highest BCUT2D eigenvalue weighted by Crippen LogP contribution is 2.13. The zero-order chi connectivity index (χ0) is 9.36. The molecule has 1 rings (SSSR count). The molecule has 0 nitrogen and oxygen atoms in total. The first-order chi connectivity index (χ1) is 6.43. The summed E-state index contributed by atoms with van der Waals surface area (Å²) in [5.41, 5.74) is 0. The van der Waals surface area contributed by atoms with Crippen molar-refractivity contribution < 1.29 is 0 Å². The summed E-state index contributed by atoms with van der Waals surface area (Å²) in [5.74, 6) is 0. The van der Waals surface area contributed by atoms with Crippen molar-refractivity contribution >= 4 is 11.3 Å². The van der Waals surface area contributed by atoms with E-state index >= 15 is 0 Å². The minimum atomic E-state index is 1.17. The van der Waals surface area contributed by atoms with Crippen LogP contribution in [0, 0.1) is 6.42 Å². The third-order valence-corrected chi connectivity index (χ3v) is 3.09. The summed E-state index contributed by atoms with van der Waals surface area (Å²) >= 11 is 1.86. The van der Waals surface area contributed by atoms with Gasteiger partial charge in [-0.15, -0.1) is 11.3 Å². The van der Waals surface area contributed by atoms with Gasteiger partial charge in [-0.1, -0.05) is 38.7 Å². The Morgan fingerprint density at radius 3 is 2.92 bits per heavy atom. The first-order valence-electron chi connectivity index (χ1n) is 5.27. The SMILES string of the molecule is CCCCCC[CH]Cc1cccs1. The Kier molecular flexibility index (Phi) is 5.92. The Labute approximate surface area is 86.0 Å². The van der Waals surface area contributed by atoms with E-state index in [9.17, 15) is 0 Å². The molecular formula is C12H19S. The van der Waals surface area contributed by atoms with Gasteiger partial charge in [0, 0.05) is 4.88 Å². The van der Waals surface area contributed by atoms with Crippen molar-refractivity contribution in [1.29, 1.82) is 0 Å². The molecule has 1 aromatic rings. The maximum absolute atomic E-state index is 2.42. The molecule has 0 saturated carbocycles. The normalized spacial score (nSPS) is 10.5. The van der Waals surface area contributed by atoms with Gasteiger partial charge in [0.1, 0.15) is 0 Å². The van der Waals surface area contributed by atoms with Gasteiger partial charge in [0.15, 0.2) is 0 Å². The van der Waals surface area contributed by atoms with Gasteiger partial charge in [-0.3, -0.25) is 0 Å². The van der Waals surface area contributed by atoms with Gasteiger partial charge >= 0.3 is 0 Å². The van der Waals surface area contributed by atoms with Crippen molar-refractivity contribution in [1.82, 2.24) is 0 Å². The molecule has 1 aromatic heterocycles. The lowest BCUT2D eigenvalue weighted by molar-refractivity contribution is 0.657. The Balaban J connectivity index is 1.90. The van der Waals surface area contributed by atoms with Crippen molar-refractivity contribution in [2.24, 2.45) is 0 Å². The molecule has 0 saturated heterocycles. The maximum atomic E-state index is 2.42. The van der Waals surface area contributed by atoms with Crippen molar-refractivity contribution in [3.8, 4) is 0 Å². The Hall–Kier alpha value is -0.300. The van der Waals surface area contributed by atoms with Crippen LogP contribution in [0.2, 0.25) is 0 Å². The summed E-state index contributed by atoms with van der Waals surface area (Å²) in [7, 11) is 0. The Morgan fingerprint density at radius 2 is 2.23 bits per heavy atom. The Bertz CT molecular complexity index is 189. The molecule has 73 valence electrons. The third-order valence-electron chi connectivity index (χ3n) is 2.19. The zero-order valence-corrected chi connectivity index (χ0v) is 9.28. The van der Waals surface area contributed by atoms with Gasteiger partial charge in [-0.05, 0) is 30.7 Å². The topological polar surface area (TPSA) is 0 Å². The molecule has 0 aromatic carbocycles. The second-order valence-corrected chi connectivity index (χ2v) is 4.45. The van der Waals surface area contributed by atoms with E-state index in [1.54, 1.807) is 0 Å². The monoisotopic (exact) mass is 195 g/mol. The van der Waals surface area contributed by atoms with Crippen LogP contribution >= 0.6 is 11.3 Å². The van der Waals surface area contributed by atoms with Gasteiger partial charge < -0.3 is 0 Å². The first-order valence-corrected chi connectivity index (χ1v) is 6.15. The first kappa shape index (κ1) is 10.8. The number of unbranched alkanes of at least 4 members (excludes halogenated alkanes) is 5. The van der Waals surface area contributed by atoms with Crippen LogP contribution in [0.25, 0.3) is 0 Å². The standard InChI is InChI=1S/C12H19S/c1-2-3-4-5-6-7-9-12-10-8-11-13-12/h7-8,10-11H,2-6,9H2,1H3. The third kappa shape index (κ3) is 5.09. The van der Waals surface area contributed by atoms with Crippen LogP contribution in [0.4, 0.5) is 0 Å². The number of hydrogen-bond donors (Lipinski definition) is 0. The molecule has 1 heterocycles. The fourth-order valence-electron chi connectivity index (χ4n) is 1.39. The lowest BCUT2D eigenvalue weighted by Gasteiger charge is -1.98. The van der Waals surface area contributed by atoms with Crippen LogP contribution in [-0.2, 0) is 6.42 Å². The lowest BCUT2D eigenvalue weighted by atomic mass is 10.1. The van der Waals surface area contributed by atoms with Crippen LogP contribution < -0.4 is 0 Å². The van der Waals surface area contributed by atoms with Crippen molar-refractivity contribution in [3.05, 3.63) is 28.8 Å². The average Bonchev–Trinajstić information content (AvgIpc) is 2.63. The molecule has 0 N–H and O–H groups in total. The molecule has 0 aliphatic heterocycles. The minimum absolute atomic E-state index is 1.17. The zero-order valence-electron chi connectivity index (χ0n) is 8.46. The van der Waals surface area contributed by atoms with Crippen LogP contribution in [-0.4, -0.2) is 0 Å². The van der Waals surface area contributed by atoms with Crippen LogP contribution in [0.1, 0.15) is 43.9 Å². The smallest absolute Gasteiger partial charge is 0.00480 e. The summed E-state index contributed by atoms with van der Waals surface area (Å²) in [6, 6.07) is 4.35. The van der Waals surface area contributed by atoms with Crippen molar-refractivity contribution in [2.75, 3.05) is 0 Å². The molecule has 0 aliphatic rings. The predicted molar refractivity (Wildman–Crippen MR) is 61.1 cm³/mol. The molecule has 0 unspecified atom stereocenters. The molecule has 0 spiro atoms. The molecule has 0 fully saturated rings. The summed E-state index contributed by atoms with van der Waals surface area (Å²) < 4.78 is 0. The van der Waals surface area contributed by atoms with E-state index in [-0.39, 0.29) is 0 Å². The molecule has 1 radical (unpaired) electrons. The number of thiophene rings is 1. The summed E-state index contributed by atoms with van der Waals surface area (Å²) in [4.78, 5) is 1.50. The van der Waals surface area contributed by atoms with Crippen LogP contribution in [0.3, 0.4) is 0 Å². The molecule has 1 heteroatoms. The van der Waals surface area contributed by atoms with E-state index in [1.165, 1.54) is 43.4 Å². The van der Waals surface area contributed by atoms with Crippen molar-refractivity contribution in [3.63, 3.8) is 0 Å². The minimum Gasteiger partial charge on any atom is -0.149 e. The summed E-state index contributed by atoms with van der Waals surface area (Å²) in [6.07, 6.45) is 10.4. The predicted octanol–water partition coefficient (Wildman–Crippen LogP) is 4.47. The fourth-order valence-corrected chi connectivity index (χ4v) is 2.09. The molecule has 0 bridgehead atoms. The number of rotatable bonds is 7. The van der Waals surface area contributed by atoms with Gasteiger partial charge in [0.2, 0.25) is 0 Å². The summed E-state index contributed by atoms with van der Waals surface area (Å²) in [5, 5.41) is 2.15. The highest BCUT2D eigenvalue weighted by molar-refractivity contribution is 7.09. The van der Waals surface area contributed by atoms with Crippen LogP contribution in [0.5, 0.6) is 0 Å². The van der Waals surface area contributed by atoms with Crippen LogP contribution in [0.15, 0.2) is 17.5 Å². The van der Waals surface area contributed by atoms with E-state index in [0.717, 1.165) is 0 Å². The molecule has 0 amide bonds. The highest BCUT2D eigenvalue weighted by atomic mass is 32.1. The maximum Gasteiger partial charge on any atom is 0.00480 e. The van der Waals surface area contributed by atoms with Gasteiger partial charge in [0.05, 0.1) is 0 Å². The number of hydrogen-bond acceptors (Lipinski definition) is 1. The second kappa shape index (κ2) is 7.14. The molecular weight excluding hydrogens is 176 g/mol. The average molecular weight is 195 g/mol. The van der Waals surface area contributed by atoms with Gasteiger partial charge in [-0.25, -0.2) is 0 Å². The molecule has 13 heavy (non-hydrogen) atoms. The van der Waals surface area contributed by atoms with E-state index in [0.29, 0.717) is 0 Å². The van der Waals surface area contributed by atoms with E-state index in [1.807, 2.05) is 11.3 Å².